The first-order chi connectivity index (χ1) is 13.5. The molecule has 0 atom stereocenters. The lowest BCUT2D eigenvalue weighted by molar-refractivity contribution is -0.122. The Balaban J connectivity index is 2.17. The molecule has 1 fully saturated rings. The van der Waals surface area contributed by atoms with Gasteiger partial charge in [0.25, 0.3) is 5.91 Å². The van der Waals surface area contributed by atoms with Crippen molar-refractivity contribution >= 4 is 40.3 Å². The average molecular weight is 425 g/mol. The van der Waals surface area contributed by atoms with Crippen molar-refractivity contribution in [3.63, 3.8) is 0 Å². The predicted molar refractivity (Wildman–Crippen MR) is 118 cm³/mol. The van der Waals surface area contributed by atoms with Crippen molar-refractivity contribution in [1.82, 2.24) is 9.80 Å². The van der Waals surface area contributed by atoms with Crippen molar-refractivity contribution in [3.8, 4) is 17.2 Å². The molecule has 1 heterocycles. The Morgan fingerprint density at radius 1 is 1.11 bits per heavy atom. The second-order valence-corrected chi connectivity index (χ2v) is 7.85. The fourth-order valence-electron chi connectivity index (χ4n) is 3.02. The maximum atomic E-state index is 12.8. The second-order valence-electron chi connectivity index (χ2n) is 6.17. The largest absolute Gasteiger partial charge is 0.493 e. The summed E-state index contributed by atoms with van der Waals surface area (Å²) in [6.45, 7) is 7.89. The summed E-state index contributed by atoms with van der Waals surface area (Å²) in [5.41, 5.74) is 0.790. The van der Waals surface area contributed by atoms with E-state index in [0.717, 1.165) is 31.6 Å². The van der Waals surface area contributed by atoms with Gasteiger partial charge in [0.05, 0.1) is 26.2 Å². The van der Waals surface area contributed by atoms with E-state index in [4.69, 9.17) is 26.4 Å². The molecule has 0 radical (unpaired) electrons. The third-order valence-electron chi connectivity index (χ3n) is 4.61. The third-order valence-corrected chi connectivity index (χ3v) is 5.99. The molecule has 0 saturated carbocycles. The molecule has 2 rings (SSSR count). The molecule has 0 aliphatic carbocycles. The van der Waals surface area contributed by atoms with Gasteiger partial charge < -0.3 is 19.1 Å². The Morgan fingerprint density at radius 3 is 2.21 bits per heavy atom. The van der Waals surface area contributed by atoms with Crippen LogP contribution in [0.5, 0.6) is 17.2 Å². The molecule has 0 bridgehead atoms. The van der Waals surface area contributed by atoms with Gasteiger partial charge in [-0.2, -0.15) is 0 Å². The molecule has 0 N–H and O–H groups in total. The molecular weight excluding hydrogens is 396 g/mol. The minimum Gasteiger partial charge on any atom is -0.493 e. The molecule has 0 unspecified atom stereocenters. The van der Waals surface area contributed by atoms with Crippen LogP contribution >= 0.6 is 24.0 Å². The van der Waals surface area contributed by atoms with Gasteiger partial charge >= 0.3 is 0 Å². The van der Waals surface area contributed by atoms with E-state index in [1.165, 1.54) is 11.8 Å². The van der Waals surface area contributed by atoms with E-state index in [1.54, 1.807) is 26.2 Å². The zero-order valence-corrected chi connectivity index (χ0v) is 18.7. The van der Waals surface area contributed by atoms with Gasteiger partial charge in [-0.1, -0.05) is 37.8 Å². The average Bonchev–Trinajstić information content (AvgIpc) is 2.97. The minimum atomic E-state index is -0.0525. The van der Waals surface area contributed by atoms with Gasteiger partial charge in [0, 0.05) is 6.54 Å². The Labute approximate surface area is 176 Å². The van der Waals surface area contributed by atoms with Crippen molar-refractivity contribution < 1.29 is 19.0 Å². The lowest BCUT2D eigenvalue weighted by Gasteiger charge is -2.20. The smallest absolute Gasteiger partial charge is 0.266 e. The van der Waals surface area contributed by atoms with Gasteiger partial charge in [0.2, 0.25) is 5.75 Å². The predicted octanol–water partition coefficient (Wildman–Crippen LogP) is 3.65. The summed E-state index contributed by atoms with van der Waals surface area (Å²) in [4.78, 5) is 17.4. The quantitative estimate of drug-likeness (QED) is 0.420. The Bertz CT molecular complexity index is 723. The molecular formula is C20H28N2O4S2. The van der Waals surface area contributed by atoms with Crippen molar-refractivity contribution in [2.24, 2.45) is 0 Å². The summed E-state index contributed by atoms with van der Waals surface area (Å²) in [5.74, 6) is 1.56. The molecule has 1 saturated heterocycles. The molecule has 0 aromatic heterocycles. The Morgan fingerprint density at radius 2 is 1.71 bits per heavy atom. The van der Waals surface area contributed by atoms with Crippen LogP contribution in [-0.4, -0.2) is 67.5 Å². The summed E-state index contributed by atoms with van der Waals surface area (Å²) >= 11 is 6.75. The van der Waals surface area contributed by atoms with E-state index in [-0.39, 0.29) is 5.91 Å². The van der Waals surface area contributed by atoms with Gasteiger partial charge in [0.15, 0.2) is 11.5 Å². The highest BCUT2D eigenvalue weighted by Gasteiger charge is 2.31. The number of carbonyl (C=O) groups is 1. The zero-order chi connectivity index (χ0) is 20.7. The van der Waals surface area contributed by atoms with Crippen molar-refractivity contribution in [2.75, 3.05) is 47.5 Å². The van der Waals surface area contributed by atoms with E-state index in [1.807, 2.05) is 18.2 Å². The van der Waals surface area contributed by atoms with Crippen LogP contribution in [0.3, 0.4) is 0 Å². The first kappa shape index (κ1) is 22.5. The number of hydrogen-bond donors (Lipinski definition) is 0. The molecule has 1 aromatic carbocycles. The number of ether oxygens (including phenoxy) is 3. The molecule has 1 amide bonds. The first-order valence-corrected chi connectivity index (χ1v) is 10.5. The van der Waals surface area contributed by atoms with Crippen LogP contribution in [0.15, 0.2) is 17.0 Å². The molecule has 28 heavy (non-hydrogen) atoms. The number of rotatable bonds is 10. The number of thioether (sulfide) groups is 1. The van der Waals surface area contributed by atoms with E-state index in [0.29, 0.717) is 33.0 Å². The topological polar surface area (TPSA) is 51.2 Å². The van der Waals surface area contributed by atoms with Crippen molar-refractivity contribution in [1.29, 1.82) is 0 Å². The standard InChI is InChI=1S/C20H28N2O4S2/c1-6-21(7-2)9-8-10-22-19(23)17(28-20(22)27)13-14-11-15(24-3)18(26-5)16(12-14)25-4/h11-13H,6-10H2,1-5H3. The van der Waals surface area contributed by atoms with Crippen LogP contribution in [0.2, 0.25) is 0 Å². The molecule has 154 valence electrons. The molecule has 0 spiro atoms. The van der Waals surface area contributed by atoms with Gasteiger partial charge in [-0.3, -0.25) is 9.69 Å². The summed E-state index contributed by atoms with van der Waals surface area (Å²) in [6, 6.07) is 3.63. The number of methoxy groups -OCH3 is 3. The molecule has 6 nitrogen and oxygen atoms in total. The minimum absolute atomic E-state index is 0.0525. The van der Waals surface area contributed by atoms with Crippen LogP contribution in [0.25, 0.3) is 6.08 Å². The highest BCUT2D eigenvalue weighted by molar-refractivity contribution is 8.26. The summed E-state index contributed by atoms with van der Waals surface area (Å²) in [6.07, 6.45) is 2.71. The molecule has 1 aliphatic heterocycles. The van der Waals surface area contributed by atoms with Gasteiger partial charge in [-0.15, -0.1) is 0 Å². The normalized spacial score (nSPS) is 15.6. The highest BCUT2D eigenvalue weighted by atomic mass is 32.2. The van der Waals surface area contributed by atoms with Crippen molar-refractivity contribution in [2.45, 2.75) is 20.3 Å². The van der Waals surface area contributed by atoms with E-state index in [9.17, 15) is 4.79 Å². The van der Waals surface area contributed by atoms with Gasteiger partial charge in [-0.05, 0) is 49.8 Å². The van der Waals surface area contributed by atoms with Crippen LogP contribution in [0.1, 0.15) is 25.8 Å². The maximum absolute atomic E-state index is 12.8. The molecule has 8 heteroatoms. The summed E-state index contributed by atoms with van der Waals surface area (Å²) in [7, 11) is 4.69. The number of amides is 1. The lowest BCUT2D eigenvalue weighted by Crippen LogP contribution is -2.32. The number of nitrogens with zero attached hydrogens (tertiary/aromatic N) is 2. The highest BCUT2D eigenvalue weighted by Crippen LogP contribution is 2.40. The number of benzene rings is 1. The molecule has 1 aromatic rings. The third kappa shape index (κ3) is 5.18. The number of hydrogen-bond acceptors (Lipinski definition) is 7. The number of thiocarbonyl (C=S) groups is 1. The molecule has 1 aliphatic rings. The van der Waals surface area contributed by atoms with E-state index < -0.39 is 0 Å². The van der Waals surface area contributed by atoms with Crippen LogP contribution in [0, 0.1) is 0 Å². The first-order valence-electron chi connectivity index (χ1n) is 9.26. The van der Waals surface area contributed by atoms with Gasteiger partial charge in [0.1, 0.15) is 4.32 Å². The zero-order valence-electron chi connectivity index (χ0n) is 17.1. The second kappa shape index (κ2) is 10.7. The lowest BCUT2D eigenvalue weighted by atomic mass is 10.1. The van der Waals surface area contributed by atoms with Gasteiger partial charge in [-0.25, -0.2) is 0 Å². The van der Waals surface area contributed by atoms with Crippen LogP contribution in [0.4, 0.5) is 0 Å². The monoisotopic (exact) mass is 424 g/mol. The summed E-state index contributed by atoms with van der Waals surface area (Å²) < 4.78 is 16.7. The fourth-order valence-corrected chi connectivity index (χ4v) is 4.33. The fraction of sp³-hybridized carbons (Fsp3) is 0.500. The Hall–Kier alpha value is -1.77. The maximum Gasteiger partial charge on any atom is 0.266 e. The van der Waals surface area contributed by atoms with Crippen molar-refractivity contribution in [3.05, 3.63) is 22.6 Å². The SMILES string of the molecule is CCN(CC)CCCN1C(=O)C(=Cc2cc(OC)c(OC)c(OC)c2)SC1=S. The summed E-state index contributed by atoms with van der Waals surface area (Å²) in [5, 5.41) is 0. The van der Waals surface area contributed by atoms with E-state index >= 15 is 0 Å². The van der Waals surface area contributed by atoms with E-state index in [2.05, 4.69) is 18.7 Å². The number of carbonyl (C=O) groups excluding carboxylic acids is 1. The van der Waals surface area contributed by atoms with Crippen LogP contribution in [-0.2, 0) is 4.79 Å². The van der Waals surface area contributed by atoms with Crippen LogP contribution < -0.4 is 14.2 Å². The Kier molecular flexibility index (Phi) is 8.59.